The Morgan fingerprint density at radius 2 is 1.57 bits per heavy atom. The van der Waals surface area contributed by atoms with Gasteiger partial charge in [-0.25, -0.2) is 9.82 Å². The highest BCUT2D eigenvalue weighted by atomic mass is 19.1. The van der Waals surface area contributed by atoms with Crippen LogP contribution in [0.4, 0.5) is 4.39 Å². The Morgan fingerprint density at radius 1 is 0.943 bits per heavy atom. The molecule has 8 heteroatoms. The van der Waals surface area contributed by atoms with Crippen molar-refractivity contribution >= 4 is 18.0 Å². The van der Waals surface area contributed by atoms with Gasteiger partial charge in [-0.1, -0.05) is 26.0 Å². The molecule has 0 aliphatic heterocycles. The zero-order valence-electron chi connectivity index (χ0n) is 19.8. The maximum absolute atomic E-state index is 13.1. The minimum atomic E-state index is -0.807. The number of carbonyl (C=O) groups excluding carboxylic acids is 2. The Labute approximate surface area is 204 Å². The van der Waals surface area contributed by atoms with Crippen molar-refractivity contribution in [2.24, 2.45) is 11.0 Å². The zero-order chi connectivity index (χ0) is 25.2. The second kappa shape index (κ2) is 12.3. The highest BCUT2D eigenvalue weighted by Gasteiger charge is 2.24. The van der Waals surface area contributed by atoms with Crippen molar-refractivity contribution in [3.63, 3.8) is 0 Å². The van der Waals surface area contributed by atoms with Gasteiger partial charge in [-0.05, 0) is 77.7 Å². The van der Waals surface area contributed by atoms with Crippen LogP contribution >= 0.6 is 0 Å². The number of hydrogen-bond acceptors (Lipinski definition) is 5. The van der Waals surface area contributed by atoms with Crippen molar-refractivity contribution in [3.05, 3.63) is 95.3 Å². The highest BCUT2D eigenvalue weighted by Crippen LogP contribution is 2.16. The van der Waals surface area contributed by atoms with Crippen molar-refractivity contribution in [1.29, 1.82) is 0 Å². The molecule has 0 spiro atoms. The van der Waals surface area contributed by atoms with E-state index in [2.05, 4.69) is 15.8 Å². The first-order chi connectivity index (χ1) is 16.9. The number of benzene rings is 3. The molecule has 0 aromatic heterocycles. The molecule has 1 atom stereocenters. The molecule has 0 saturated carbocycles. The molecule has 3 aromatic rings. The maximum atomic E-state index is 13.1. The van der Waals surface area contributed by atoms with Crippen molar-refractivity contribution in [3.8, 4) is 11.5 Å². The van der Waals surface area contributed by atoms with Gasteiger partial charge in [0.25, 0.3) is 11.8 Å². The van der Waals surface area contributed by atoms with E-state index in [-0.39, 0.29) is 11.5 Å². The number of halogens is 1. The van der Waals surface area contributed by atoms with Crippen molar-refractivity contribution < 1.29 is 23.5 Å². The molecule has 182 valence electrons. The van der Waals surface area contributed by atoms with Gasteiger partial charge in [-0.15, -0.1) is 0 Å². The third kappa shape index (κ3) is 7.67. The minimum Gasteiger partial charge on any atom is -0.497 e. The first kappa shape index (κ1) is 25.4. The van der Waals surface area contributed by atoms with Gasteiger partial charge in [0, 0.05) is 5.56 Å². The van der Waals surface area contributed by atoms with E-state index in [9.17, 15) is 14.0 Å². The maximum Gasteiger partial charge on any atom is 0.262 e. The smallest absolute Gasteiger partial charge is 0.262 e. The van der Waals surface area contributed by atoms with E-state index in [1.54, 1.807) is 7.11 Å². The summed E-state index contributed by atoms with van der Waals surface area (Å²) < 4.78 is 24.0. The molecule has 0 saturated heterocycles. The Balaban J connectivity index is 1.51. The molecule has 7 nitrogen and oxygen atoms in total. The summed E-state index contributed by atoms with van der Waals surface area (Å²) in [4.78, 5) is 25.0. The molecule has 0 aliphatic carbocycles. The number of nitrogens with zero attached hydrogens (tertiary/aromatic N) is 1. The van der Waals surface area contributed by atoms with Crippen LogP contribution in [0.15, 0.2) is 77.9 Å². The molecular weight excluding hydrogens is 449 g/mol. The largest absolute Gasteiger partial charge is 0.497 e. The molecule has 0 bridgehead atoms. The average Bonchev–Trinajstić information content (AvgIpc) is 2.87. The third-order valence-electron chi connectivity index (χ3n) is 5.18. The molecule has 35 heavy (non-hydrogen) atoms. The van der Waals surface area contributed by atoms with Crippen LogP contribution in [0.3, 0.4) is 0 Å². The molecule has 2 amide bonds. The number of hydrazone groups is 1. The predicted molar refractivity (Wildman–Crippen MR) is 132 cm³/mol. The summed E-state index contributed by atoms with van der Waals surface area (Å²) in [5.41, 5.74) is 4.51. The fourth-order valence-corrected chi connectivity index (χ4v) is 3.14. The molecule has 0 aliphatic rings. The Morgan fingerprint density at radius 3 is 2.17 bits per heavy atom. The van der Waals surface area contributed by atoms with E-state index in [4.69, 9.17) is 9.47 Å². The number of rotatable bonds is 10. The standard InChI is InChI=1S/C27H28FN3O4/c1-18(2)25(30-26(32)21-8-10-22(28)11-9-21)27(33)31-29-16-19-4-14-24(15-5-19)35-17-20-6-12-23(34-3)13-7-20/h4-16,18,25H,17H2,1-3H3,(H,30,32)(H,31,33). The van der Waals surface area contributed by atoms with Gasteiger partial charge in [0.15, 0.2) is 0 Å². The topological polar surface area (TPSA) is 89.0 Å². The van der Waals surface area contributed by atoms with Crippen molar-refractivity contribution in [1.82, 2.24) is 10.7 Å². The molecular formula is C27H28FN3O4. The van der Waals surface area contributed by atoms with Gasteiger partial charge >= 0.3 is 0 Å². The Hall–Kier alpha value is -4.20. The van der Waals surface area contributed by atoms with Crippen LogP contribution in [0, 0.1) is 11.7 Å². The average molecular weight is 478 g/mol. The quantitative estimate of drug-likeness (QED) is 0.336. The van der Waals surface area contributed by atoms with Gasteiger partial charge in [0.1, 0.15) is 30.0 Å². The van der Waals surface area contributed by atoms with Gasteiger partial charge in [-0.3, -0.25) is 9.59 Å². The van der Waals surface area contributed by atoms with Crippen LogP contribution < -0.4 is 20.2 Å². The van der Waals surface area contributed by atoms with Gasteiger partial charge in [0.2, 0.25) is 0 Å². The molecule has 2 N–H and O–H groups in total. The molecule has 0 heterocycles. The summed E-state index contributed by atoms with van der Waals surface area (Å²) in [6, 6.07) is 19.2. The van der Waals surface area contributed by atoms with E-state index < -0.39 is 23.7 Å². The normalized spacial score (nSPS) is 11.8. The van der Waals surface area contributed by atoms with Crippen molar-refractivity contribution in [2.45, 2.75) is 26.5 Å². The third-order valence-corrected chi connectivity index (χ3v) is 5.18. The van der Waals surface area contributed by atoms with Gasteiger partial charge in [-0.2, -0.15) is 5.10 Å². The zero-order valence-corrected chi connectivity index (χ0v) is 19.8. The van der Waals surface area contributed by atoms with Crippen LogP contribution in [-0.4, -0.2) is 31.2 Å². The summed E-state index contributed by atoms with van der Waals surface area (Å²) in [5, 5.41) is 6.67. The second-order valence-electron chi connectivity index (χ2n) is 8.14. The van der Waals surface area contributed by atoms with Crippen molar-refractivity contribution in [2.75, 3.05) is 7.11 Å². The first-order valence-electron chi connectivity index (χ1n) is 11.1. The van der Waals surface area contributed by atoms with Crippen LogP contribution in [0.2, 0.25) is 0 Å². The van der Waals surface area contributed by atoms with Crippen LogP contribution in [0.1, 0.15) is 35.3 Å². The number of amides is 2. The van der Waals surface area contributed by atoms with Crippen LogP contribution in [0.5, 0.6) is 11.5 Å². The lowest BCUT2D eigenvalue weighted by Gasteiger charge is -2.20. The summed E-state index contributed by atoms with van der Waals surface area (Å²) >= 11 is 0. The Kier molecular flexibility index (Phi) is 8.95. The summed E-state index contributed by atoms with van der Waals surface area (Å²) in [6.07, 6.45) is 1.50. The SMILES string of the molecule is COc1ccc(COc2ccc(C=NNC(=O)C(NC(=O)c3ccc(F)cc3)C(C)C)cc2)cc1. The molecule has 3 rings (SSSR count). The Bertz CT molecular complexity index is 1140. The monoisotopic (exact) mass is 477 g/mol. The molecule has 3 aromatic carbocycles. The predicted octanol–water partition coefficient (Wildman–Crippen LogP) is 4.32. The fraction of sp³-hybridized carbons (Fsp3) is 0.222. The van der Waals surface area contributed by atoms with Gasteiger partial charge in [0.05, 0.1) is 13.3 Å². The number of nitrogens with one attached hydrogen (secondary N) is 2. The van der Waals surface area contributed by atoms with E-state index in [0.29, 0.717) is 12.4 Å². The molecule has 0 fully saturated rings. The lowest BCUT2D eigenvalue weighted by atomic mass is 10.0. The number of carbonyl (C=O) groups is 2. The second-order valence-corrected chi connectivity index (χ2v) is 8.14. The highest BCUT2D eigenvalue weighted by molar-refractivity contribution is 5.97. The minimum absolute atomic E-state index is 0.184. The lowest BCUT2D eigenvalue weighted by Crippen LogP contribution is -2.48. The lowest BCUT2D eigenvalue weighted by molar-refractivity contribution is -0.123. The van der Waals surface area contributed by atoms with E-state index in [1.807, 2.05) is 62.4 Å². The van der Waals surface area contributed by atoms with Gasteiger partial charge < -0.3 is 14.8 Å². The van der Waals surface area contributed by atoms with Crippen LogP contribution in [0.25, 0.3) is 0 Å². The molecule has 1 unspecified atom stereocenters. The van der Waals surface area contributed by atoms with E-state index >= 15 is 0 Å². The van der Waals surface area contributed by atoms with E-state index in [1.165, 1.54) is 30.5 Å². The summed E-state index contributed by atoms with van der Waals surface area (Å²) in [6.45, 7) is 4.04. The van der Waals surface area contributed by atoms with Crippen LogP contribution in [-0.2, 0) is 11.4 Å². The summed E-state index contributed by atoms with van der Waals surface area (Å²) in [7, 11) is 1.62. The molecule has 0 radical (unpaired) electrons. The fourth-order valence-electron chi connectivity index (χ4n) is 3.14. The van der Waals surface area contributed by atoms with E-state index in [0.717, 1.165) is 16.9 Å². The number of hydrogen-bond donors (Lipinski definition) is 2. The number of ether oxygens (including phenoxy) is 2. The number of methoxy groups -OCH3 is 1. The first-order valence-corrected chi connectivity index (χ1v) is 11.1. The summed E-state index contributed by atoms with van der Waals surface area (Å²) in [5.74, 6) is -0.0494.